The van der Waals surface area contributed by atoms with Gasteiger partial charge in [0.2, 0.25) is 6.23 Å². The van der Waals surface area contributed by atoms with Gasteiger partial charge in [-0.05, 0) is 56.1 Å². The summed E-state index contributed by atoms with van der Waals surface area (Å²) >= 11 is 0. The van der Waals surface area contributed by atoms with Crippen LogP contribution >= 0.6 is 0 Å². The van der Waals surface area contributed by atoms with E-state index in [9.17, 15) is 4.39 Å². The normalized spacial score (nSPS) is 29.4. The number of para-hydroxylation sites is 1. The van der Waals surface area contributed by atoms with Crippen molar-refractivity contribution < 1.29 is 13.9 Å². The maximum absolute atomic E-state index is 13.8. The van der Waals surface area contributed by atoms with Crippen molar-refractivity contribution in [3.63, 3.8) is 0 Å². The van der Waals surface area contributed by atoms with Gasteiger partial charge in [-0.2, -0.15) is 0 Å². The van der Waals surface area contributed by atoms with Gasteiger partial charge in [-0.1, -0.05) is 12.1 Å². The van der Waals surface area contributed by atoms with Gasteiger partial charge >= 0.3 is 0 Å². The van der Waals surface area contributed by atoms with Crippen LogP contribution in [0.15, 0.2) is 42.5 Å². The predicted octanol–water partition coefficient (Wildman–Crippen LogP) is 3.83. The van der Waals surface area contributed by atoms with Crippen LogP contribution in [0.3, 0.4) is 0 Å². The number of hydrogen-bond acceptors (Lipinski definition) is 4. The molecule has 6 rings (SSSR count). The van der Waals surface area contributed by atoms with E-state index >= 15 is 0 Å². The van der Waals surface area contributed by atoms with E-state index in [1.165, 1.54) is 38.1 Å². The van der Waals surface area contributed by atoms with E-state index in [0.717, 1.165) is 23.5 Å². The summed E-state index contributed by atoms with van der Waals surface area (Å²) in [6.45, 7) is 3.41. The van der Waals surface area contributed by atoms with Crippen molar-refractivity contribution in [3.05, 3.63) is 53.8 Å². The van der Waals surface area contributed by atoms with E-state index in [2.05, 4.69) is 9.80 Å². The highest BCUT2D eigenvalue weighted by Crippen LogP contribution is 2.49. The zero-order valence-electron chi connectivity index (χ0n) is 14.9. The number of halogens is 1. The summed E-state index contributed by atoms with van der Waals surface area (Å²) < 4.78 is 25.7. The summed E-state index contributed by atoms with van der Waals surface area (Å²) in [5, 5.41) is 0. The highest BCUT2D eigenvalue weighted by Gasteiger charge is 2.45. The minimum absolute atomic E-state index is 0.265. The Hall–Kier alpha value is -2.27. The quantitative estimate of drug-likeness (QED) is 0.836. The molecule has 3 saturated heterocycles. The maximum atomic E-state index is 13.8. The second-order valence-corrected chi connectivity index (χ2v) is 7.44. The van der Waals surface area contributed by atoms with Crippen molar-refractivity contribution in [2.75, 3.05) is 31.6 Å². The first kappa shape index (κ1) is 15.9. The minimum Gasteiger partial charge on any atom is -0.496 e. The Morgan fingerprint density at radius 1 is 1.12 bits per heavy atom. The molecule has 0 saturated carbocycles. The fraction of sp³-hybridized carbons (Fsp3) is 0.429. The molecule has 2 atom stereocenters. The Kier molecular flexibility index (Phi) is 3.78. The van der Waals surface area contributed by atoms with Crippen molar-refractivity contribution in [1.82, 2.24) is 4.90 Å². The molecule has 2 aromatic carbocycles. The third kappa shape index (κ3) is 2.45. The Morgan fingerprint density at radius 2 is 1.92 bits per heavy atom. The van der Waals surface area contributed by atoms with Gasteiger partial charge in [0, 0.05) is 18.7 Å². The molecule has 2 aromatic rings. The summed E-state index contributed by atoms with van der Waals surface area (Å²) in [6, 6.07) is 13.2. The largest absolute Gasteiger partial charge is 0.496 e. The van der Waals surface area contributed by atoms with Gasteiger partial charge in [-0.25, -0.2) is 4.39 Å². The van der Waals surface area contributed by atoms with Crippen molar-refractivity contribution in [2.45, 2.75) is 25.1 Å². The summed E-state index contributed by atoms with van der Waals surface area (Å²) in [4.78, 5) is 4.90. The summed E-state index contributed by atoms with van der Waals surface area (Å²) in [5.41, 5.74) is 1.98. The lowest BCUT2D eigenvalue weighted by atomic mass is 9.82. The molecular formula is C21H23FN2O2. The number of ether oxygens (including phenoxy) is 2. The maximum Gasteiger partial charge on any atom is 0.202 e. The van der Waals surface area contributed by atoms with E-state index in [4.69, 9.17) is 9.47 Å². The third-order valence-electron chi connectivity index (χ3n) is 6.08. The number of piperidine rings is 3. The van der Waals surface area contributed by atoms with Crippen LogP contribution in [0.1, 0.15) is 24.6 Å². The van der Waals surface area contributed by atoms with Gasteiger partial charge in [-0.15, -0.1) is 0 Å². The minimum atomic E-state index is -0.284. The van der Waals surface area contributed by atoms with E-state index < -0.39 is 0 Å². The SMILES string of the molecule is COc1ccccc1[C@@H]1Oc2cc(F)ccc2N1C1CN2CCC1CC2. The van der Waals surface area contributed by atoms with Crippen molar-refractivity contribution in [2.24, 2.45) is 5.92 Å². The van der Waals surface area contributed by atoms with Crippen molar-refractivity contribution in [1.29, 1.82) is 0 Å². The topological polar surface area (TPSA) is 24.9 Å². The molecule has 1 unspecified atom stereocenters. The molecule has 0 N–H and O–H groups in total. The highest BCUT2D eigenvalue weighted by atomic mass is 19.1. The number of anilines is 1. The zero-order chi connectivity index (χ0) is 17.7. The predicted molar refractivity (Wildman–Crippen MR) is 98.2 cm³/mol. The molecule has 3 fully saturated rings. The number of rotatable bonds is 3. The summed E-state index contributed by atoms with van der Waals surface area (Å²) in [7, 11) is 1.68. The average Bonchev–Trinajstić information content (AvgIpc) is 3.07. The first-order valence-electron chi connectivity index (χ1n) is 9.34. The standard InChI is InChI=1S/C21H23FN2O2/c1-25-19-5-3-2-4-16(19)21-24(17-7-6-15(22)12-20(17)26-21)18-13-23-10-8-14(18)9-11-23/h2-7,12,14,18,21H,8-11,13H2,1H3/t18?,21-/m0/s1. The van der Waals surface area contributed by atoms with Crippen LogP contribution in [-0.4, -0.2) is 37.7 Å². The molecule has 2 bridgehead atoms. The molecule has 0 aromatic heterocycles. The molecule has 136 valence electrons. The molecule has 0 radical (unpaired) electrons. The smallest absolute Gasteiger partial charge is 0.202 e. The van der Waals surface area contributed by atoms with Crippen LogP contribution in [0.2, 0.25) is 0 Å². The molecule has 4 heterocycles. The van der Waals surface area contributed by atoms with Gasteiger partial charge in [0.05, 0.1) is 18.4 Å². The van der Waals surface area contributed by atoms with Gasteiger partial charge in [-0.3, -0.25) is 0 Å². The number of nitrogens with zero attached hydrogens (tertiary/aromatic N) is 2. The fourth-order valence-corrected chi connectivity index (χ4v) is 4.78. The second-order valence-electron chi connectivity index (χ2n) is 7.44. The molecule has 26 heavy (non-hydrogen) atoms. The first-order chi connectivity index (χ1) is 12.7. The van der Waals surface area contributed by atoms with Gasteiger partial charge in [0.25, 0.3) is 0 Å². The lowest BCUT2D eigenvalue weighted by Crippen LogP contribution is -2.58. The summed E-state index contributed by atoms with van der Waals surface area (Å²) in [5.74, 6) is 1.81. The number of benzene rings is 2. The molecule has 0 aliphatic carbocycles. The Labute approximate surface area is 153 Å². The summed E-state index contributed by atoms with van der Waals surface area (Å²) in [6.07, 6.45) is 2.15. The number of hydrogen-bond donors (Lipinski definition) is 0. The Morgan fingerprint density at radius 3 is 2.65 bits per heavy atom. The van der Waals surface area contributed by atoms with E-state index in [-0.39, 0.29) is 12.0 Å². The van der Waals surface area contributed by atoms with E-state index in [1.54, 1.807) is 7.11 Å². The van der Waals surface area contributed by atoms with Gasteiger partial charge < -0.3 is 19.3 Å². The zero-order valence-corrected chi connectivity index (χ0v) is 14.9. The molecule has 5 heteroatoms. The van der Waals surface area contributed by atoms with Crippen LogP contribution in [0, 0.1) is 11.7 Å². The highest BCUT2D eigenvalue weighted by molar-refractivity contribution is 5.65. The number of fused-ring (bicyclic) bond motifs is 4. The molecule has 4 aliphatic rings. The van der Waals surface area contributed by atoms with Crippen LogP contribution < -0.4 is 14.4 Å². The van der Waals surface area contributed by atoms with E-state index in [0.29, 0.717) is 17.7 Å². The Balaban J connectivity index is 1.60. The monoisotopic (exact) mass is 354 g/mol. The van der Waals surface area contributed by atoms with E-state index in [1.807, 2.05) is 30.3 Å². The lowest BCUT2D eigenvalue weighted by molar-refractivity contribution is 0.0696. The third-order valence-corrected chi connectivity index (χ3v) is 6.08. The molecule has 0 amide bonds. The van der Waals surface area contributed by atoms with Gasteiger partial charge in [0.15, 0.2) is 0 Å². The second kappa shape index (κ2) is 6.16. The van der Waals surface area contributed by atoms with Crippen LogP contribution in [0.25, 0.3) is 0 Å². The number of methoxy groups -OCH3 is 1. The molecule has 4 aliphatic heterocycles. The molecule has 4 nitrogen and oxygen atoms in total. The Bertz CT molecular complexity index is 819. The molecule has 0 spiro atoms. The lowest BCUT2D eigenvalue weighted by Gasteiger charge is -2.49. The van der Waals surface area contributed by atoms with Crippen molar-refractivity contribution >= 4 is 5.69 Å². The fourth-order valence-electron chi connectivity index (χ4n) is 4.78. The van der Waals surface area contributed by atoms with Gasteiger partial charge in [0.1, 0.15) is 17.3 Å². The average molecular weight is 354 g/mol. The van der Waals surface area contributed by atoms with Crippen LogP contribution in [0.4, 0.5) is 10.1 Å². The van der Waals surface area contributed by atoms with Crippen molar-refractivity contribution in [3.8, 4) is 11.5 Å². The first-order valence-corrected chi connectivity index (χ1v) is 9.34. The molecular weight excluding hydrogens is 331 g/mol. The van der Waals surface area contributed by atoms with Crippen LogP contribution in [0.5, 0.6) is 11.5 Å². The van der Waals surface area contributed by atoms with Crippen LogP contribution in [-0.2, 0) is 0 Å².